The summed E-state index contributed by atoms with van der Waals surface area (Å²) in [6, 6.07) is 0. The van der Waals surface area contributed by atoms with E-state index in [1.54, 1.807) is 0 Å². The third-order valence-electron chi connectivity index (χ3n) is 1.53. The second-order valence-corrected chi connectivity index (χ2v) is 16.9. The molecule has 2 heteroatoms. The first-order valence-corrected chi connectivity index (χ1v) is 14.4. The zero-order valence-electron chi connectivity index (χ0n) is 8.44. The molecule has 0 rings (SSSR count). The molecule has 0 atom stereocenters. The van der Waals surface area contributed by atoms with Crippen molar-refractivity contribution in [2.45, 2.75) is 47.4 Å². The molecule has 68 valence electrons. The Bertz CT molecular complexity index is 86.1. The number of rotatable bonds is 6. The average molecular weight is 265 g/mol. The molecule has 0 heterocycles. The van der Waals surface area contributed by atoms with Gasteiger partial charge in [-0.15, -0.1) is 0 Å². The van der Waals surface area contributed by atoms with Crippen molar-refractivity contribution in [3.05, 3.63) is 0 Å². The van der Waals surface area contributed by atoms with Crippen LogP contribution in [-0.4, -0.2) is 25.4 Å². The van der Waals surface area contributed by atoms with E-state index in [0.717, 1.165) is 6.61 Å². The molecule has 0 fully saturated rings. The molecule has 0 spiro atoms. The number of hydrogen-bond acceptors (Lipinski definition) is 1. The molecule has 0 N–H and O–H groups in total. The minimum atomic E-state index is -1.87. The van der Waals surface area contributed by atoms with Crippen LogP contribution in [0, 0.1) is 0 Å². The maximum absolute atomic E-state index is 5.79. The van der Waals surface area contributed by atoms with Gasteiger partial charge in [0, 0.05) is 0 Å². The van der Waals surface area contributed by atoms with Crippen LogP contribution < -0.4 is 0 Å². The Morgan fingerprint density at radius 2 is 1.64 bits per heavy atom. The molecule has 11 heavy (non-hydrogen) atoms. The third-order valence-corrected chi connectivity index (χ3v) is 4.59. The van der Waals surface area contributed by atoms with E-state index in [1.807, 2.05) is 0 Å². The van der Waals surface area contributed by atoms with Gasteiger partial charge in [-0.1, -0.05) is 0 Å². The summed E-state index contributed by atoms with van der Waals surface area (Å²) in [4.78, 5) is 6.94. The van der Waals surface area contributed by atoms with Gasteiger partial charge in [-0.25, -0.2) is 0 Å². The molecule has 0 saturated carbocycles. The Morgan fingerprint density at radius 1 is 1.00 bits per heavy atom. The molecule has 0 aromatic carbocycles. The standard InChI is InChI=1S/C6H13O.3CH3.Sn/c1-2-3-4-5-6-7;;;;/h2-6H2,1H3;3*1H3;/q-1;;;;+1. The molecule has 0 aromatic rings. The van der Waals surface area contributed by atoms with Crippen LogP contribution in [0.5, 0.6) is 0 Å². The van der Waals surface area contributed by atoms with Gasteiger partial charge in [-0.05, 0) is 0 Å². The second-order valence-electron chi connectivity index (χ2n) is 4.02. The van der Waals surface area contributed by atoms with E-state index >= 15 is 0 Å². The van der Waals surface area contributed by atoms with Crippen LogP contribution in [0.4, 0.5) is 0 Å². The summed E-state index contributed by atoms with van der Waals surface area (Å²) in [6.45, 7) is 3.25. The predicted molar refractivity (Wildman–Crippen MR) is 53.4 cm³/mol. The van der Waals surface area contributed by atoms with Gasteiger partial charge in [-0.2, -0.15) is 0 Å². The molecule has 1 nitrogen and oxygen atoms in total. The van der Waals surface area contributed by atoms with Crippen LogP contribution >= 0.6 is 0 Å². The van der Waals surface area contributed by atoms with Crippen molar-refractivity contribution in [2.24, 2.45) is 0 Å². The van der Waals surface area contributed by atoms with Crippen molar-refractivity contribution in [3.63, 3.8) is 0 Å². The van der Waals surface area contributed by atoms with Crippen LogP contribution in [0.15, 0.2) is 0 Å². The van der Waals surface area contributed by atoms with Gasteiger partial charge in [0.1, 0.15) is 0 Å². The van der Waals surface area contributed by atoms with Crippen molar-refractivity contribution in [1.82, 2.24) is 0 Å². The van der Waals surface area contributed by atoms with Crippen LogP contribution in [0.3, 0.4) is 0 Å². The molecule has 0 unspecified atom stereocenters. The quantitative estimate of drug-likeness (QED) is 0.528. The average Bonchev–Trinajstić information content (AvgIpc) is 1.85. The van der Waals surface area contributed by atoms with E-state index in [0.29, 0.717) is 0 Å². The molecule has 0 bridgehead atoms. The van der Waals surface area contributed by atoms with E-state index in [2.05, 4.69) is 21.7 Å². The molecule has 0 aliphatic heterocycles. The second kappa shape index (κ2) is 6.29. The molecule has 0 aromatic heterocycles. The molecule has 0 aliphatic rings. The fraction of sp³-hybridized carbons (Fsp3) is 1.00. The zero-order valence-corrected chi connectivity index (χ0v) is 11.3. The van der Waals surface area contributed by atoms with E-state index in [9.17, 15) is 0 Å². The Hall–Kier alpha value is 0.759. The summed E-state index contributed by atoms with van der Waals surface area (Å²) in [5.41, 5.74) is 0. The first-order chi connectivity index (χ1) is 5.06. The normalized spacial score (nSPS) is 12.0. The van der Waals surface area contributed by atoms with Crippen molar-refractivity contribution < 1.29 is 3.07 Å². The monoisotopic (exact) mass is 266 g/mol. The third kappa shape index (κ3) is 10.8. The summed E-state index contributed by atoms with van der Waals surface area (Å²) >= 11 is -1.87. The molecule has 0 radical (unpaired) electrons. The summed E-state index contributed by atoms with van der Waals surface area (Å²) in [5.74, 6) is 0. The minimum absolute atomic E-state index is 1.01. The van der Waals surface area contributed by atoms with E-state index in [-0.39, 0.29) is 0 Å². The Balaban J connectivity index is 3.02. The van der Waals surface area contributed by atoms with Crippen LogP contribution in [0.1, 0.15) is 32.6 Å². The van der Waals surface area contributed by atoms with Gasteiger partial charge < -0.3 is 0 Å². The molecular formula is C9H22OSn. The Labute approximate surface area is 75.9 Å². The van der Waals surface area contributed by atoms with Crippen molar-refractivity contribution in [1.29, 1.82) is 0 Å². The van der Waals surface area contributed by atoms with Crippen LogP contribution in [-0.2, 0) is 3.07 Å². The van der Waals surface area contributed by atoms with Crippen molar-refractivity contribution in [3.8, 4) is 0 Å². The molecule has 0 amide bonds. The fourth-order valence-electron chi connectivity index (χ4n) is 0.907. The summed E-state index contributed by atoms with van der Waals surface area (Å²) < 4.78 is 5.79. The van der Waals surface area contributed by atoms with Gasteiger partial charge in [0.15, 0.2) is 0 Å². The maximum atomic E-state index is 5.79. The van der Waals surface area contributed by atoms with E-state index in [1.165, 1.54) is 25.7 Å². The van der Waals surface area contributed by atoms with Gasteiger partial charge in [-0.3, -0.25) is 0 Å². The van der Waals surface area contributed by atoms with Crippen molar-refractivity contribution >= 4 is 18.8 Å². The fourth-order valence-corrected chi connectivity index (χ4v) is 3.07. The van der Waals surface area contributed by atoms with Gasteiger partial charge >= 0.3 is 75.9 Å². The first-order valence-electron chi connectivity index (χ1n) is 4.70. The first kappa shape index (κ1) is 11.8. The Kier molecular flexibility index (Phi) is 6.73. The van der Waals surface area contributed by atoms with Gasteiger partial charge in [0.05, 0.1) is 0 Å². The number of unbranched alkanes of at least 4 members (excludes halogenated alkanes) is 3. The van der Waals surface area contributed by atoms with Crippen LogP contribution in [0.25, 0.3) is 0 Å². The summed E-state index contributed by atoms with van der Waals surface area (Å²) in [7, 11) is 0. The van der Waals surface area contributed by atoms with Gasteiger partial charge in [0.25, 0.3) is 0 Å². The molecule has 0 saturated heterocycles. The van der Waals surface area contributed by atoms with Gasteiger partial charge in [0.2, 0.25) is 0 Å². The van der Waals surface area contributed by atoms with E-state index < -0.39 is 18.8 Å². The summed E-state index contributed by atoms with van der Waals surface area (Å²) in [6.07, 6.45) is 5.29. The topological polar surface area (TPSA) is 9.23 Å². The number of hydrogen-bond donors (Lipinski definition) is 0. The zero-order chi connectivity index (χ0) is 8.74. The van der Waals surface area contributed by atoms with E-state index in [4.69, 9.17) is 3.07 Å². The molecular weight excluding hydrogens is 243 g/mol. The Morgan fingerprint density at radius 3 is 2.09 bits per heavy atom. The van der Waals surface area contributed by atoms with Crippen LogP contribution in [0.2, 0.25) is 14.8 Å². The van der Waals surface area contributed by atoms with Crippen molar-refractivity contribution in [2.75, 3.05) is 6.61 Å². The molecule has 0 aliphatic carbocycles. The predicted octanol–water partition coefficient (Wildman–Crippen LogP) is 3.42. The summed E-state index contributed by atoms with van der Waals surface area (Å²) in [5, 5.41) is 0. The SMILES string of the molecule is CCCCCC[O][Sn]([CH3])([CH3])[CH3].